The highest BCUT2D eigenvalue weighted by molar-refractivity contribution is 6.09. The zero-order valence-electron chi connectivity index (χ0n) is 36.3. The molecule has 0 aliphatic rings. The van der Waals surface area contributed by atoms with Crippen molar-refractivity contribution < 1.29 is 0 Å². The lowest BCUT2D eigenvalue weighted by Gasteiger charge is -2.31. The highest BCUT2D eigenvalue weighted by Gasteiger charge is 2.24. The van der Waals surface area contributed by atoms with E-state index in [1.54, 1.807) is 0 Å². The van der Waals surface area contributed by atoms with E-state index in [-0.39, 0.29) is 0 Å². The van der Waals surface area contributed by atoms with E-state index in [9.17, 15) is 0 Å². The van der Waals surface area contributed by atoms with Crippen LogP contribution in [0.25, 0.3) is 93.9 Å². The largest absolute Gasteiger partial charge is 0.309 e. The topological polar surface area (TPSA) is 8.17 Å². The van der Waals surface area contributed by atoms with E-state index in [0.717, 1.165) is 45.0 Å². The van der Waals surface area contributed by atoms with Crippen LogP contribution in [0.1, 0.15) is 0 Å². The van der Waals surface area contributed by atoms with E-state index in [4.69, 9.17) is 0 Å². The molecule has 0 N–H and O–H groups in total. The maximum absolute atomic E-state index is 2.49. The number of benzene rings is 11. The second-order valence-corrected chi connectivity index (χ2v) is 16.9. The van der Waals surface area contributed by atoms with Crippen molar-refractivity contribution >= 4 is 49.6 Å². The SMILES string of the molecule is c1ccc(-c2ccc(N(c3ccc(-c4ccccc4)c(-c4ccccc4)c3)c3ccccc3-c3cccc(-n4c5ccccc5c5ccccc54)c3)c(-c3ccc4ccccc4c3)c2)cc1. The zero-order valence-corrected chi connectivity index (χ0v) is 36.3. The first-order valence-electron chi connectivity index (χ1n) is 22.7. The smallest absolute Gasteiger partial charge is 0.0541 e. The van der Waals surface area contributed by atoms with Gasteiger partial charge in [0.15, 0.2) is 0 Å². The van der Waals surface area contributed by atoms with Crippen LogP contribution in [0.2, 0.25) is 0 Å². The minimum absolute atomic E-state index is 1.06. The molecule has 1 aromatic heterocycles. The number of anilines is 3. The van der Waals surface area contributed by atoms with Crippen LogP contribution in [0, 0.1) is 0 Å². The van der Waals surface area contributed by atoms with E-state index in [2.05, 4.69) is 276 Å². The van der Waals surface area contributed by atoms with Crippen molar-refractivity contribution in [3.05, 3.63) is 267 Å². The molecule has 1 heterocycles. The van der Waals surface area contributed by atoms with E-state index < -0.39 is 0 Å². The van der Waals surface area contributed by atoms with E-state index in [1.807, 2.05) is 0 Å². The normalized spacial score (nSPS) is 11.3. The predicted octanol–water partition coefficient (Wildman–Crippen LogP) is 17.7. The quantitative estimate of drug-likeness (QED) is 0.141. The number of para-hydroxylation sites is 3. The third-order valence-electron chi connectivity index (χ3n) is 13.0. The fourth-order valence-electron chi connectivity index (χ4n) is 9.86. The second-order valence-electron chi connectivity index (χ2n) is 16.9. The van der Waals surface area contributed by atoms with Crippen LogP contribution in [0.4, 0.5) is 17.1 Å². The molecule has 0 atom stereocenters. The maximum Gasteiger partial charge on any atom is 0.0541 e. The van der Waals surface area contributed by atoms with Gasteiger partial charge in [0.25, 0.3) is 0 Å². The van der Waals surface area contributed by atoms with Gasteiger partial charge in [0.1, 0.15) is 0 Å². The molecular weight excluding hydrogens is 797 g/mol. The summed E-state index contributed by atoms with van der Waals surface area (Å²) in [5.74, 6) is 0. The summed E-state index contributed by atoms with van der Waals surface area (Å²) in [6.07, 6.45) is 0. The Balaban J connectivity index is 1.12. The van der Waals surface area contributed by atoms with Gasteiger partial charge >= 0.3 is 0 Å². The summed E-state index contributed by atoms with van der Waals surface area (Å²) in [5, 5.41) is 4.92. The first kappa shape index (κ1) is 38.9. The first-order valence-corrected chi connectivity index (χ1v) is 22.7. The molecule has 2 heteroatoms. The van der Waals surface area contributed by atoms with Crippen LogP contribution in [0.15, 0.2) is 267 Å². The Kier molecular flexibility index (Phi) is 9.89. The number of nitrogens with zero attached hydrogens (tertiary/aromatic N) is 2. The molecule has 0 saturated heterocycles. The number of rotatable bonds is 9. The maximum atomic E-state index is 2.49. The first-order chi connectivity index (χ1) is 32.7. The predicted molar refractivity (Wildman–Crippen MR) is 280 cm³/mol. The Bertz CT molecular complexity index is 3650. The standard InChI is InChI=1S/C64H44N2/c1-4-19-45(20-5-1)50-37-40-64(60(43-50)52-36-35-46-21-10-11-26-49(46)41-52)66(54-38-39-55(47-22-6-2-7-23-47)59(44-54)48-24-8-3-9-25-48)61-32-15-12-29-56(61)51-27-18-28-53(42-51)65-62-33-16-13-30-57(62)58-31-14-17-34-63(58)65/h1-44H. The van der Waals surface area contributed by atoms with Crippen molar-refractivity contribution in [1.29, 1.82) is 0 Å². The molecular formula is C64H44N2. The Morgan fingerprint density at radius 1 is 0.258 bits per heavy atom. The van der Waals surface area contributed by atoms with Crippen molar-refractivity contribution in [1.82, 2.24) is 4.57 Å². The number of fused-ring (bicyclic) bond motifs is 4. The summed E-state index contributed by atoms with van der Waals surface area (Å²) in [4.78, 5) is 2.49. The summed E-state index contributed by atoms with van der Waals surface area (Å²) in [6, 6.07) is 97.2. The van der Waals surface area contributed by atoms with Crippen LogP contribution in [0.3, 0.4) is 0 Å². The molecule has 11 aromatic carbocycles. The average molecular weight is 841 g/mol. The van der Waals surface area contributed by atoms with Crippen molar-refractivity contribution in [3.8, 4) is 61.3 Å². The molecule has 12 rings (SSSR count). The van der Waals surface area contributed by atoms with Crippen molar-refractivity contribution in [2.24, 2.45) is 0 Å². The summed E-state index contributed by atoms with van der Waals surface area (Å²) < 4.78 is 2.41. The van der Waals surface area contributed by atoms with Crippen LogP contribution < -0.4 is 4.90 Å². The zero-order chi connectivity index (χ0) is 43.8. The Hall–Kier alpha value is -8.72. The Morgan fingerprint density at radius 3 is 1.53 bits per heavy atom. The van der Waals surface area contributed by atoms with Gasteiger partial charge in [0.2, 0.25) is 0 Å². The van der Waals surface area contributed by atoms with Gasteiger partial charge in [0, 0.05) is 33.3 Å². The van der Waals surface area contributed by atoms with Gasteiger partial charge in [-0.3, -0.25) is 0 Å². The van der Waals surface area contributed by atoms with E-state index in [1.165, 1.54) is 66.0 Å². The molecule has 0 saturated carbocycles. The fraction of sp³-hybridized carbons (Fsp3) is 0. The summed E-state index contributed by atoms with van der Waals surface area (Å²) in [6.45, 7) is 0. The third kappa shape index (κ3) is 7.02. The molecule has 0 bridgehead atoms. The summed E-state index contributed by atoms with van der Waals surface area (Å²) in [5.41, 5.74) is 18.3. The molecule has 0 aliphatic carbocycles. The van der Waals surface area contributed by atoms with Gasteiger partial charge in [-0.25, -0.2) is 0 Å². The molecule has 310 valence electrons. The lowest BCUT2D eigenvalue weighted by molar-refractivity contribution is 1.18. The number of aromatic nitrogens is 1. The van der Waals surface area contributed by atoms with Crippen LogP contribution >= 0.6 is 0 Å². The van der Waals surface area contributed by atoms with Gasteiger partial charge in [-0.05, 0) is 116 Å². The van der Waals surface area contributed by atoms with Crippen LogP contribution in [-0.2, 0) is 0 Å². The van der Waals surface area contributed by atoms with Gasteiger partial charge in [-0.2, -0.15) is 0 Å². The van der Waals surface area contributed by atoms with Gasteiger partial charge in [0.05, 0.1) is 22.4 Å². The highest BCUT2D eigenvalue weighted by atomic mass is 15.1. The van der Waals surface area contributed by atoms with Crippen LogP contribution in [-0.4, -0.2) is 4.57 Å². The summed E-state index contributed by atoms with van der Waals surface area (Å²) >= 11 is 0. The van der Waals surface area contributed by atoms with Crippen LogP contribution in [0.5, 0.6) is 0 Å². The average Bonchev–Trinajstić information content (AvgIpc) is 3.74. The van der Waals surface area contributed by atoms with Gasteiger partial charge < -0.3 is 9.47 Å². The van der Waals surface area contributed by atoms with Gasteiger partial charge in [-0.1, -0.05) is 206 Å². The fourth-order valence-corrected chi connectivity index (χ4v) is 9.86. The lowest BCUT2D eigenvalue weighted by atomic mass is 9.92. The highest BCUT2D eigenvalue weighted by Crippen LogP contribution is 2.48. The number of hydrogen-bond donors (Lipinski definition) is 0. The molecule has 0 fully saturated rings. The Labute approximate surface area is 385 Å². The molecule has 2 nitrogen and oxygen atoms in total. The van der Waals surface area contributed by atoms with E-state index in [0.29, 0.717) is 0 Å². The van der Waals surface area contributed by atoms with Crippen molar-refractivity contribution in [2.45, 2.75) is 0 Å². The minimum Gasteiger partial charge on any atom is -0.309 e. The van der Waals surface area contributed by atoms with Gasteiger partial charge in [-0.15, -0.1) is 0 Å². The Morgan fingerprint density at radius 2 is 0.803 bits per heavy atom. The second kappa shape index (κ2) is 16.8. The molecule has 0 aliphatic heterocycles. The third-order valence-corrected chi connectivity index (χ3v) is 13.0. The molecule has 0 unspecified atom stereocenters. The molecule has 0 radical (unpaired) electrons. The number of hydrogen-bond acceptors (Lipinski definition) is 1. The van der Waals surface area contributed by atoms with Crippen molar-refractivity contribution in [2.75, 3.05) is 4.90 Å². The molecule has 0 spiro atoms. The van der Waals surface area contributed by atoms with Crippen molar-refractivity contribution in [3.63, 3.8) is 0 Å². The lowest BCUT2D eigenvalue weighted by Crippen LogP contribution is -2.13. The summed E-state index contributed by atoms with van der Waals surface area (Å²) in [7, 11) is 0. The molecule has 66 heavy (non-hydrogen) atoms. The molecule has 12 aromatic rings. The minimum atomic E-state index is 1.06. The monoisotopic (exact) mass is 840 g/mol. The molecule has 0 amide bonds. The van der Waals surface area contributed by atoms with E-state index >= 15 is 0 Å².